The number of nitro groups is 1. The van der Waals surface area contributed by atoms with E-state index in [-0.39, 0.29) is 30.3 Å². The number of nitrogens with two attached hydrogens (primary N) is 1. The van der Waals surface area contributed by atoms with Gasteiger partial charge in [0, 0.05) is 33.8 Å². The highest BCUT2D eigenvalue weighted by molar-refractivity contribution is 6.32. The highest BCUT2D eigenvalue weighted by atomic mass is 35.5. The third kappa shape index (κ3) is 6.00. The normalized spacial score (nSPS) is 11.6. The molecule has 0 unspecified atom stereocenters. The summed E-state index contributed by atoms with van der Waals surface area (Å²) in [6, 6.07) is 17.4. The molecule has 11 nitrogen and oxygen atoms in total. The number of hydrogen-bond acceptors (Lipinski definition) is 9. The molecule has 1 heterocycles. The van der Waals surface area contributed by atoms with Crippen molar-refractivity contribution in [1.29, 1.82) is 0 Å². The summed E-state index contributed by atoms with van der Waals surface area (Å²) in [5.41, 5.74) is 2.68. The number of nitrogens with zero attached hydrogens (tertiary/aromatic N) is 4. The molecule has 40 heavy (non-hydrogen) atoms. The first-order valence-corrected chi connectivity index (χ1v) is 12.3. The number of aliphatic imine (C=N–C) groups is 1. The maximum absolute atomic E-state index is 13.5. The Morgan fingerprint density at radius 1 is 1.10 bits per heavy atom. The number of ether oxygens (including phenoxy) is 2. The summed E-state index contributed by atoms with van der Waals surface area (Å²) in [5.74, 6) is 5.06. The Morgan fingerprint density at radius 2 is 1.80 bits per heavy atom. The van der Waals surface area contributed by atoms with Crippen LogP contribution in [0.4, 0.5) is 11.4 Å². The summed E-state index contributed by atoms with van der Waals surface area (Å²) in [7, 11) is 1.51. The summed E-state index contributed by atoms with van der Waals surface area (Å²) in [5, 5.41) is 15.5. The topological polar surface area (TPSA) is 151 Å². The van der Waals surface area contributed by atoms with Crippen LogP contribution in [0.5, 0.6) is 5.75 Å². The van der Waals surface area contributed by atoms with E-state index in [0.717, 1.165) is 0 Å². The molecule has 4 aromatic rings. The van der Waals surface area contributed by atoms with E-state index in [9.17, 15) is 19.7 Å². The zero-order chi connectivity index (χ0) is 28.8. The van der Waals surface area contributed by atoms with Crippen molar-refractivity contribution >= 4 is 57.7 Å². The van der Waals surface area contributed by atoms with Gasteiger partial charge in [-0.1, -0.05) is 17.7 Å². The number of rotatable bonds is 9. The van der Waals surface area contributed by atoms with Crippen LogP contribution in [0.3, 0.4) is 0 Å². The average molecular weight is 562 g/mol. The molecule has 204 valence electrons. The molecule has 0 bridgehead atoms. The Balaban J connectivity index is 1.55. The van der Waals surface area contributed by atoms with Gasteiger partial charge in [-0.2, -0.15) is 5.10 Å². The summed E-state index contributed by atoms with van der Waals surface area (Å²) in [6.45, 7) is 1.49. The zero-order valence-electron chi connectivity index (χ0n) is 21.5. The lowest BCUT2D eigenvalue weighted by molar-refractivity contribution is -0.384. The summed E-state index contributed by atoms with van der Waals surface area (Å²) in [4.78, 5) is 40.8. The second kappa shape index (κ2) is 12.2. The fraction of sp³-hybridized carbons (Fsp3) is 0.143. The van der Waals surface area contributed by atoms with Crippen LogP contribution in [0.25, 0.3) is 10.9 Å². The van der Waals surface area contributed by atoms with Gasteiger partial charge in [-0.3, -0.25) is 29.3 Å². The van der Waals surface area contributed by atoms with Gasteiger partial charge in [-0.25, -0.2) is 0 Å². The van der Waals surface area contributed by atoms with E-state index < -0.39 is 10.9 Å². The van der Waals surface area contributed by atoms with Crippen LogP contribution in [0.2, 0.25) is 5.02 Å². The lowest BCUT2D eigenvalue weighted by atomic mass is 10.1. The van der Waals surface area contributed by atoms with Crippen LogP contribution in [0, 0.1) is 17.0 Å². The smallest absolute Gasteiger partial charge is 0.310 e. The van der Waals surface area contributed by atoms with Gasteiger partial charge in [0.2, 0.25) is 0 Å². The number of halogens is 1. The molecule has 0 aliphatic heterocycles. The fourth-order valence-electron chi connectivity index (χ4n) is 4.14. The molecular formula is C28H24ClN5O6. The maximum atomic E-state index is 13.5. The molecule has 0 spiro atoms. The molecule has 2 N–H and O–H groups in total. The molecule has 1 aromatic heterocycles. The third-order valence-electron chi connectivity index (χ3n) is 6.12. The SMILES string of the molecule is COc1cccc2c1c(CC(=O)OC/C(C=Nc1ccc([N+](=O)[O-])cc1)=N/N)c(C)n2C(=O)c1ccc(Cl)cc1. The van der Waals surface area contributed by atoms with Crippen molar-refractivity contribution < 1.29 is 24.0 Å². The lowest BCUT2D eigenvalue weighted by Crippen LogP contribution is -2.18. The Morgan fingerprint density at radius 3 is 2.42 bits per heavy atom. The van der Waals surface area contributed by atoms with Gasteiger partial charge in [-0.15, -0.1) is 0 Å². The minimum absolute atomic E-state index is 0.0660. The number of hydrazone groups is 1. The Hall–Kier alpha value is -5.03. The van der Waals surface area contributed by atoms with Gasteiger partial charge in [0.1, 0.15) is 18.1 Å². The van der Waals surface area contributed by atoms with Crippen molar-refractivity contribution in [2.45, 2.75) is 13.3 Å². The van der Waals surface area contributed by atoms with Crippen LogP contribution in [0.1, 0.15) is 21.6 Å². The average Bonchev–Trinajstić information content (AvgIpc) is 3.24. The molecule has 0 radical (unpaired) electrons. The van der Waals surface area contributed by atoms with Crippen molar-refractivity contribution in [3.05, 3.63) is 98.7 Å². The van der Waals surface area contributed by atoms with Crippen LogP contribution in [0.15, 0.2) is 76.8 Å². The first-order chi connectivity index (χ1) is 19.2. The number of nitro benzene ring substituents is 1. The third-order valence-corrected chi connectivity index (χ3v) is 6.38. The highest BCUT2D eigenvalue weighted by Crippen LogP contribution is 2.34. The van der Waals surface area contributed by atoms with Gasteiger partial charge in [0.15, 0.2) is 0 Å². The zero-order valence-corrected chi connectivity index (χ0v) is 22.3. The summed E-state index contributed by atoms with van der Waals surface area (Å²) in [6.07, 6.45) is 1.15. The van der Waals surface area contributed by atoms with Gasteiger partial charge in [0.25, 0.3) is 11.6 Å². The number of aromatic nitrogens is 1. The predicted octanol–water partition coefficient (Wildman–Crippen LogP) is 5.01. The Bertz CT molecular complexity index is 1640. The van der Waals surface area contributed by atoms with Crippen LogP contribution >= 0.6 is 11.6 Å². The van der Waals surface area contributed by atoms with E-state index in [2.05, 4.69) is 10.1 Å². The van der Waals surface area contributed by atoms with Gasteiger partial charge in [0.05, 0.1) is 35.9 Å². The quantitative estimate of drug-likeness (QED) is 0.0990. The Labute approximate surface area is 233 Å². The molecule has 0 aliphatic rings. The van der Waals surface area contributed by atoms with Crippen molar-refractivity contribution in [3.8, 4) is 5.75 Å². The van der Waals surface area contributed by atoms with Crippen LogP contribution in [-0.2, 0) is 16.0 Å². The van der Waals surface area contributed by atoms with Gasteiger partial charge in [-0.05, 0) is 61.0 Å². The summed E-state index contributed by atoms with van der Waals surface area (Å²) < 4.78 is 12.5. The van der Waals surface area contributed by atoms with Crippen molar-refractivity contribution in [2.24, 2.45) is 15.9 Å². The number of esters is 1. The summed E-state index contributed by atoms with van der Waals surface area (Å²) >= 11 is 5.99. The minimum Gasteiger partial charge on any atom is -0.496 e. The number of hydrogen-bond donors (Lipinski definition) is 1. The molecular weight excluding hydrogens is 538 g/mol. The van der Waals surface area contributed by atoms with Crippen molar-refractivity contribution in [3.63, 3.8) is 0 Å². The largest absolute Gasteiger partial charge is 0.496 e. The number of non-ortho nitro benzene ring substituents is 1. The molecule has 0 aliphatic carbocycles. The molecule has 12 heteroatoms. The molecule has 0 fully saturated rings. The second-order valence-electron chi connectivity index (χ2n) is 8.56. The van der Waals surface area contributed by atoms with Gasteiger partial charge < -0.3 is 15.3 Å². The van der Waals surface area contributed by atoms with Crippen molar-refractivity contribution in [1.82, 2.24) is 4.57 Å². The second-order valence-corrected chi connectivity index (χ2v) is 8.99. The molecule has 0 atom stereocenters. The highest BCUT2D eigenvalue weighted by Gasteiger charge is 2.24. The lowest BCUT2D eigenvalue weighted by Gasteiger charge is -2.08. The minimum atomic E-state index is -0.586. The van der Waals surface area contributed by atoms with Gasteiger partial charge >= 0.3 is 5.97 Å². The number of carbonyl (C=O) groups is 2. The number of methoxy groups -OCH3 is 1. The van der Waals surface area contributed by atoms with E-state index in [4.69, 9.17) is 26.9 Å². The first-order valence-electron chi connectivity index (χ1n) is 11.9. The molecule has 0 saturated heterocycles. The van der Waals surface area contributed by atoms with Crippen LogP contribution < -0.4 is 10.6 Å². The van der Waals surface area contributed by atoms with E-state index in [1.807, 2.05) is 0 Å². The standard InChI is InChI=1S/C28H24ClN5O6/c1-17-23(14-26(35)40-16-21(32-30)15-31-20-10-12-22(13-11-20)34(37)38)27-24(4-3-5-25(27)39-2)33(17)28(36)18-6-8-19(29)9-7-18/h3-13,15H,14,16,30H2,1-2H3/b31-15?,32-21+. The maximum Gasteiger partial charge on any atom is 0.310 e. The van der Waals surface area contributed by atoms with E-state index in [1.165, 1.54) is 42.2 Å². The fourth-order valence-corrected chi connectivity index (χ4v) is 4.27. The monoisotopic (exact) mass is 561 g/mol. The molecule has 4 rings (SSSR count). The molecule has 0 saturated carbocycles. The molecule has 0 amide bonds. The number of fused-ring (bicyclic) bond motifs is 1. The van der Waals surface area contributed by atoms with Crippen molar-refractivity contribution in [2.75, 3.05) is 13.7 Å². The predicted molar refractivity (Wildman–Crippen MR) is 152 cm³/mol. The van der Waals surface area contributed by atoms with E-state index in [0.29, 0.717) is 44.2 Å². The molecule has 3 aromatic carbocycles. The van der Waals surface area contributed by atoms with Crippen LogP contribution in [-0.4, -0.2) is 47.0 Å². The van der Waals surface area contributed by atoms with E-state index in [1.54, 1.807) is 49.4 Å². The number of benzene rings is 3. The number of carbonyl (C=O) groups excluding carboxylic acids is 2. The van der Waals surface area contributed by atoms with E-state index >= 15 is 0 Å². The first kappa shape index (κ1) is 28.0. The Kier molecular flexibility index (Phi) is 8.55.